The predicted octanol–water partition coefficient (Wildman–Crippen LogP) is 5.23. The van der Waals surface area contributed by atoms with Crippen LogP contribution in [0.1, 0.15) is 43.7 Å². The third-order valence-corrected chi connectivity index (χ3v) is 6.18. The summed E-state index contributed by atoms with van der Waals surface area (Å²) < 4.78 is 0. The zero-order valence-electron chi connectivity index (χ0n) is 15.8. The topological polar surface area (TPSA) is 32.3 Å². The zero-order valence-corrected chi connectivity index (χ0v) is 15.8. The first-order valence-corrected chi connectivity index (χ1v) is 9.89. The molecular weight excluding hydrogens is 318 g/mol. The van der Waals surface area contributed by atoms with Crippen molar-refractivity contribution >= 4 is 0 Å². The van der Waals surface area contributed by atoms with E-state index in [1.54, 1.807) is 6.07 Å². The van der Waals surface area contributed by atoms with Gasteiger partial charge in [0, 0.05) is 17.4 Å². The van der Waals surface area contributed by atoms with Crippen LogP contribution in [0.25, 0.3) is 0 Å². The van der Waals surface area contributed by atoms with E-state index in [-0.39, 0.29) is 5.41 Å². The molecule has 0 bridgehead atoms. The van der Waals surface area contributed by atoms with Gasteiger partial charge >= 0.3 is 0 Å². The Balaban J connectivity index is 1.76. The van der Waals surface area contributed by atoms with Crippen molar-refractivity contribution < 1.29 is 5.11 Å². The Morgan fingerprint density at radius 3 is 2.69 bits per heavy atom. The van der Waals surface area contributed by atoms with E-state index in [4.69, 9.17) is 0 Å². The van der Waals surface area contributed by atoms with Crippen LogP contribution in [0.4, 0.5) is 0 Å². The maximum Gasteiger partial charge on any atom is 0.115 e. The molecule has 1 saturated carbocycles. The van der Waals surface area contributed by atoms with Gasteiger partial charge in [-0.05, 0) is 55.5 Å². The molecule has 1 aliphatic carbocycles. The summed E-state index contributed by atoms with van der Waals surface area (Å²) in [5.41, 5.74) is 2.68. The Labute approximate surface area is 158 Å². The first-order valence-electron chi connectivity index (χ1n) is 9.89. The standard InChI is InChI=1S/C24H31NO/c1-3-22-23(25-17-15-19-10-6-5-7-11-19)14-9-16-24(22,4-2)20-12-8-13-21(26)18-20/h3,5-8,10-13,18,22-23,25-26H,1,4,9,14-17H2,2H3/t22-,23?,24+/m1/s1. The lowest BCUT2D eigenvalue weighted by molar-refractivity contribution is 0.167. The van der Waals surface area contributed by atoms with Gasteiger partial charge < -0.3 is 10.4 Å². The third-order valence-electron chi connectivity index (χ3n) is 6.18. The minimum Gasteiger partial charge on any atom is -0.508 e. The molecule has 0 spiro atoms. The molecule has 0 saturated heterocycles. The number of aromatic hydroxyl groups is 1. The van der Waals surface area contributed by atoms with E-state index in [1.165, 1.54) is 24.0 Å². The number of nitrogens with one attached hydrogen (secondary N) is 1. The normalized spacial score (nSPS) is 25.7. The molecule has 0 aliphatic heterocycles. The molecule has 2 heteroatoms. The zero-order chi connectivity index (χ0) is 18.4. The van der Waals surface area contributed by atoms with Crippen LogP contribution in [0, 0.1) is 5.92 Å². The van der Waals surface area contributed by atoms with Crippen molar-refractivity contribution in [1.29, 1.82) is 0 Å². The first-order chi connectivity index (χ1) is 12.7. The highest BCUT2D eigenvalue weighted by Gasteiger charge is 2.43. The van der Waals surface area contributed by atoms with E-state index >= 15 is 0 Å². The molecule has 2 nitrogen and oxygen atoms in total. The highest BCUT2D eigenvalue weighted by molar-refractivity contribution is 5.36. The summed E-state index contributed by atoms with van der Waals surface area (Å²) in [6.45, 7) is 7.45. The minimum absolute atomic E-state index is 0.0587. The van der Waals surface area contributed by atoms with E-state index in [0.29, 0.717) is 17.7 Å². The van der Waals surface area contributed by atoms with E-state index in [9.17, 15) is 5.11 Å². The Kier molecular flexibility index (Phi) is 6.16. The lowest BCUT2D eigenvalue weighted by Crippen LogP contribution is -2.50. The molecule has 0 aromatic heterocycles. The molecule has 26 heavy (non-hydrogen) atoms. The molecule has 1 unspecified atom stereocenters. The predicted molar refractivity (Wildman–Crippen MR) is 110 cm³/mol. The molecule has 0 amide bonds. The molecule has 3 rings (SSSR count). The van der Waals surface area contributed by atoms with Crippen LogP contribution in [0.5, 0.6) is 5.75 Å². The van der Waals surface area contributed by atoms with Gasteiger partial charge in [0.05, 0.1) is 0 Å². The third kappa shape index (κ3) is 3.86. The molecule has 0 radical (unpaired) electrons. The van der Waals surface area contributed by atoms with Crippen LogP contribution >= 0.6 is 0 Å². The van der Waals surface area contributed by atoms with Crippen molar-refractivity contribution in [2.24, 2.45) is 5.92 Å². The van der Waals surface area contributed by atoms with Crippen LogP contribution in [-0.2, 0) is 11.8 Å². The lowest BCUT2D eigenvalue weighted by Gasteiger charge is -2.47. The van der Waals surface area contributed by atoms with Crippen molar-refractivity contribution in [2.75, 3.05) is 6.54 Å². The number of rotatable bonds is 7. The molecule has 138 valence electrons. The second kappa shape index (κ2) is 8.55. The molecule has 1 aliphatic rings. The summed E-state index contributed by atoms with van der Waals surface area (Å²) in [5, 5.41) is 13.8. The Morgan fingerprint density at radius 1 is 1.19 bits per heavy atom. The largest absolute Gasteiger partial charge is 0.508 e. The number of benzene rings is 2. The van der Waals surface area contributed by atoms with Gasteiger partial charge in [0.2, 0.25) is 0 Å². The van der Waals surface area contributed by atoms with Gasteiger partial charge in [-0.3, -0.25) is 0 Å². The van der Waals surface area contributed by atoms with Crippen molar-refractivity contribution in [2.45, 2.75) is 50.5 Å². The van der Waals surface area contributed by atoms with E-state index < -0.39 is 0 Å². The van der Waals surface area contributed by atoms with Crippen LogP contribution < -0.4 is 5.32 Å². The van der Waals surface area contributed by atoms with Crippen LogP contribution in [0.3, 0.4) is 0 Å². The number of hydrogen-bond donors (Lipinski definition) is 2. The fourth-order valence-corrected chi connectivity index (χ4v) is 4.80. The fraction of sp³-hybridized carbons (Fsp3) is 0.417. The average Bonchev–Trinajstić information content (AvgIpc) is 2.68. The lowest BCUT2D eigenvalue weighted by atomic mass is 9.59. The fourth-order valence-electron chi connectivity index (χ4n) is 4.80. The van der Waals surface area contributed by atoms with Crippen molar-refractivity contribution in [3.8, 4) is 5.75 Å². The average molecular weight is 350 g/mol. The van der Waals surface area contributed by atoms with Gasteiger partial charge in [-0.25, -0.2) is 0 Å². The first kappa shape index (κ1) is 18.7. The van der Waals surface area contributed by atoms with Gasteiger partial charge in [0.25, 0.3) is 0 Å². The van der Waals surface area contributed by atoms with Gasteiger partial charge in [-0.2, -0.15) is 0 Å². The molecule has 0 heterocycles. The molecule has 2 aromatic carbocycles. The van der Waals surface area contributed by atoms with Crippen LogP contribution in [0.15, 0.2) is 67.3 Å². The second-order valence-electron chi connectivity index (χ2n) is 7.51. The smallest absolute Gasteiger partial charge is 0.115 e. The van der Waals surface area contributed by atoms with Gasteiger partial charge in [0.15, 0.2) is 0 Å². The SMILES string of the molecule is C=C[C@@H]1C(NCCc2ccccc2)CCC[C@@]1(CC)c1cccc(O)c1. The van der Waals surface area contributed by atoms with Crippen molar-refractivity contribution in [3.05, 3.63) is 78.4 Å². The minimum atomic E-state index is 0.0587. The van der Waals surface area contributed by atoms with Crippen LogP contribution in [-0.4, -0.2) is 17.7 Å². The summed E-state index contributed by atoms with van der Waals surface area (Å²) in [6.07, 6.45) is 7.80. The Hall–Kier alpha value is -2.06. The monoisotopic (exact) mass is 349 g/mol. The number of hydrogen-bond acceptors (Lipinski definition) is 2. The Morgan fingerprint density at radius 2 is 2.00 bits per heavy atom. The van der Waals surface area contributed by atoms with Crippen molar-refractivity contribution in [1.82, 2.24) is 5.32 Å². The van der Waals surface area contributed by atoms with E-state index in [2.05, 4.69) is 61.3 Å². The maximum absolute atomic E-state index is 10.0. The maximum atomic E-state index is 10.0. The van der Waals surface area contributed by atoms with E-state index in [0.717, 1.165) is 25.8 Å². The molecule has 2 N–H and O–H groups in total. The number of phenols is 1. The molecule has 3 atom stereocenters. The summed E-state index contributed by atoms with van der Waals surface area (Å²) in [7, 11) is 0. The van der Waals surface area contributed by atoms with Crippen LogP contribution in [0.2, 0.25) is 0 Å². The summed E-state index contributed by atoms with van der Waals surface area (Å²) >= 11 is 0. The summed E-state index contributed by atoms with van der Waals surface area (Å²) in [4.78, 5) is 0. The molecule has 2 aromatic rings. The van der Waals surface area contributed by atoms with Crippen molar-refractivity contribution in [3.63, 3.8) is 0 Å². The highest BCUT2D eigenvalue weighted by atomic mass is 16.3. The van der Waals surface area contributed by atoms with Gasteiger partial charge in [-0.1, -0.05) is 61.9 Å². The number of phenolic OH excluding ortho intramolecular Hbond substituents is 1. The Bertz CT molecular complexity index is 711. The molecular formula is C24H31NO. The highest BCUT2D eigenvalue weighted by Crippen LogP contribution is 2.47. The summed E-state index contributed by atoms with van der Waals surface area (Å²) in [6, 6.07) is 18.9. The van der Waals surface area contributed by atoms with E-state index in [1.807, 2.05) is 12.1 Å². The quantitative estimate of drug-likeness (QED) is 0.671. The summed E-state index contributed by atoms with van der Waals surface area (Å²) in [5.74, 6) is 0.733. The van der Waals surface area contributed by atoms with Gasteiger partial charge in [0.1, 0.15) is 5.75 Å². The molecule has 1 fully saturated rings. The van der Waals surface area contributed by atoms with Gasteiger partial charge in [-0.15, -0.1) is 6.58 Å². The second-order valence-corrected chi connectivity index (χ2v) is 7.51.